The van der Waals surface area contributed by atoms with Crippen molar-refractivity contribution in [2.75, 3.05) is 56.3 Å². The first-order valence-corrected chi connectivity index (χ1v) is 6.80. The van der Waals surface area contributed by atoms with Crippen LogP contribution in [0, 0.1) is 0 Å². The fourth-order valence-corrected chi connectivity index (χ4v) is 2.09. The average molecular weight is 279 g/mol. The standard InChI is InChI=1S/C14H21N3O3/c15-5-8-20-11-14(18)16-12-3-1-2-4-13(12)17-6-9-19-10-7-17/h1-4H,5-11,15H2,(H,16,18). The highest BCUT2D eigenvalue weighted by molar-refractivity contribution is 5.95. The largest absolute Gasteiger partial charge is 0.378 e. The summed E-state index contributed by atoms with van der Waals surface area (Å²) in [6.45, 7) is 3.90. The zero-order valence-corrected chi connectivity index (χ0v) is 11.5. The number of hydrogen-bond acceptors (Lipinski definition) is 5. The van der Waals surface area contributed by atoms with Gasteiger partial charge in [0.2, 0.25) is 5.91 Å². The number of amides is 1. The van der Waals surface area contributed by atoms with Crippen LogP contribution >= 0.6 is 0 Å². The number of carbonyl (C=O) groups excluding carboxylic acids is 1. The number of carbonyl (C=O) groups is 1. The molecule has 110 valence electrons. The van der Waals surface area contributed by atoms with Gasteiger partial charge in [-0.3, -0.25) is 4.79 Å². The maximum absolute atomic E-state index is 11.8. The summed E-state index contributed by atoms with van der Waals surface area (Å²) in [6, 6.07) is 7.76. The van der Waals surface area contributed by atoms with E-state index in [1.165, 1.54) is 0 Å². The van der Waals surface area contributed by atoms with Crippen LogP contribution in [-0.4, -0.2) is 52.0 Å². The molecule has 0 radical (unpaired) electrons. The number of benzene rings is 1. The lowest BCUT2D eigenvalue weighted by Gasteiger charge is -2.30. The van der Waals surface area contributed by atoms with Gasteiger partial charge in [-0.25, -0.2) is 0 Å². The molecule has 1 amide bonds. The van der Waals surface area contributed by atoms with Crippen molar-refractivity contribution in [3.05, 3.63) is 24.3 Å². The van der Waals surface area contributed by atoms with E-state index in [9.17, 15) is 4.79 Å². The lowest BCUT2D eigenvalue weighted by Crippen LogP contribution is -2.36. The molecule has 1 heterocycles. The zero-order valence-electron chi connectivity index (χ0n) is 11.5. The minimum Gasteiger partial charge on any atom is -0.378 e. The van der Waals surface area contributed by atoms with Gasteiger partial charge in [0, 0.05) is 19.6 Å². The molecule has 1 saturated heterocycles. The van der Waals surface area contributed by atoms with Gasteiger partial charge in [-0.2, -0.15) is 0 Å². The number of nitrogens with two attached hydrogens (primary N) is 1. The van der Waals surface area contributed by atoms with E-state index in [0.717, 1.165) is 24.5 Å². The Hall–Kier alpha value is -1.63. The van der Waals surface area contributed by atoms with Gasteiger partial charge < -0.3 is 25.4 Å². The number of morpholine rings is 1. The van der Waals surface area contributed by atoms with Crippen molar-refractivity contribution >= 4 is 17.3 Å². The first kappa shape index (κ1) is 14.8. The Labute approximate surface area is 118 Å². The predicted octanol–water partition coefficient (Wildman–Crippen LogP) is 0.437. The third kappa shape index (κ3) is 4.19. The van der Waals surface area contributed by atoms with Crippen LogP contribution in [-0.2, 0) is 14.3 Å². The molecule has 0 bridgehead atoms. The van der Waals surface area contributed by atoms with E-state index in [0.29, 0.717) is 26.4 Å². The van der Waals surface area contributed by atoms with Gasteiger partial charge >= 0.3 is 0 Å². The number of nitrogens with zero attached hydrogens (tertiary/aromatic N) is 1. The van der Waals surface area contributed by atoms with Crippen molar-refractivity contribution in [1.29, 1.82) is 0 Å². The van der Waals surface area contributed by atoms with Crippen LogP contribution in [0.15, 0.2) is 24.3 Å². The minimum absolute atomic E-state index is 0.0225. The van der Waals surface area contributed by atoms with E-state index >= 15 is 0 Å². The summed E-state index contributed by atoms with van der Waals surface area (Å²) in [5.41, 5.74) is 7.13. The fraction of sp³-hybridized carbons (Fsp3) is 0.500. The summed E-state index contributed by atoms with van der Waals surface area (Å²) < 4.78 is 10.5. The van der Waals surface area contributed by atoms with Gasteiger partial charge in [0.25, 0.3) is 0 Å². The predicted molar refractivity (Wildman–Crippen MR) is 78.0 cm³/mol. The first-order valence-electron chi connectivity index (χ1n) is 6.80. The van der Waals surface area contributed by atoms with E-state index < -0.39 is 0 Å². The van der Waals surface area contributed by atoms with E-state index in [2.05, 4.69) is 10.2 Å². The van der Waals surface area contributed by atoms with E-state index in [1.54, 1.807) is 0 Å². The summed E-state index contributed by atoms with van der Waals surface area (Å²) in [6.07, 6.45) is 0. The molecule has 3 N–H and O–H groups in total. The molecule has 0 spiro atoms. The molecular weight excluding hydrogens is 258 g/mol. The van der Waals surface area contributed by atoms with Crippen LogP contribution < -0.4 is 16.0 Å². The van der Waals surface area contributed by atoms with Crippen LogP contribution in [0.3, 0.4) is 0 Å². The Kier molecular flexibility index (Phi) is 5.79. The molecule has 0 atom stereocenters. The summed E-state index contributed by atoms with van der Waals surface area (Å²) in [4.78, 5) is 14.0. The van der Waals surface area contributed by atoms with Crippen LogP contribution in [0.25, 0.3) is 0 Å². The molecule has 0 unspecified atom stereocenters. The van der Waals surface area contributed by atoms with Crippen molar-refractivity contribution in [1.82, 2.24) is 0 Å². The first-order chi connectivity index (χ1) is 9.81. The number of para-hydroxylation sites is 2. The molecule has 1 fully saturated rings. The van der Waals surface area contributed by atoms with E-state index in [-0.39, 0.29) is 12.5 Å². The second-order valence-corrected chi connectivity index (χ2v) is 4.51. The lowest BCUT2D eigenvalue weighted by molar-refractivity contribution is -0.120. The SMILES string of the molecule is NCCOCC(=O)Nc1ccccc1N1CCOCC1. The van der Waals surface area contributed by atoms with Crippen LogP contribution in [0.2, 0.25) is 0 Å². The molecule has 20 heavy (non-hydrogen) atoms. The van der Waals surface area contributed by atoms with E-state index in [4.69, 9.17) is 15.2 Å². The van der Waals surface area contributed by atoms with Crippen LogP contribution in [0.4, 0.5) is 11.4 Å². The topological polar surface area (TPSA) is 76.8 Å². The minimum atomic E-state index is -0.167. The van der Waals surface area contributed by atoms with Gasteiger partial charge in [0.15, 0.2) is 0 Å². The highest BCUT2D eigenvalue weighted by Crippen LogP contribution is 2.26. The molecule has 6 nitrogen and oxygen atoms in total. The number of ether oxygens (including phenoxy) is 2. The normalized spacial score (nSPS) is 15.2. The molecular formula is C14H21N3O3. The molecule has 1 aromatic carbocycles. The number of nitrogens with one attached hydrogen (secondary N) is 1. The second kappa shape index (κ2) is 7.84. The summed E-state index contributed by atoms with van der Waals surface area (Å²) in [5.74, 6) is -0.167. The summed E-state index contributed by atoms with van der Waals surface area (Å²) >= 11 is 0. The molecule has 6 heteroatoms. The summed E-state index contributed by atoms with van der Waals surface area (Å²) in [7, 11) is 0. The smallest absolute Gasteiger partial charge is 0.250 e. The van der Waals surface area contributed by atoms with Crippen molar-refractivity contribution in [2.24, 2.45) is 5.73 Å². The van der Waals surface area contributed by atoms with Crippen LogP contribution in [0.5, 0.6) is 0 Å². The average Bonchev–Trinajstić information content (AvgIpc) is 2.49. The Morgan fingerprint density at radius 2 is 2.10 bits per heavy atom. The van der Waals surface area contributed by atoms with E-state index in [1.807, 2.05) is 24.3 Å². The monoisotopic (exact) mass is 279 g/mol. The van der Waals surface area contributed by atoms with Gasteiger partial charge in [0.05, 0.1) is 31.2 Å². The fourth-order valence-electron chi connectivity index (χ4n) is 2.09. The number of rotatable bonds is 6. The third-order valence-corrected chi connectivity index (χ3v) is 3.03. The van der Waals surface area contributed by atoms with Crippen LogP contribution in [0.1, 0.15) is 0 Å². The van der Waals surface area contributed by atoms with Gasteiger partial charge in [-0.15, -0.1) is 0 Å². The van der Waals surface area contributed by atoms with Gasteiger partial charge in [-0.05, 0) is 12.1 Å². The Bertz CT molecular complexity index is 433. The van der Waals surface area contributed by atoms with Gasteiger partial charge in [0.1, 0.15) is 6.61 Å². The molecule has 1 aliphatic rings. The number of hydrogen-bond donors (Lipinski definition) is 2. The molecule has 0 aliphatic carbocycles. The number of anilines is 2. The molecule has 0 saturated carbocycles. The van der Waals surface area contributed by atoms with Gasteiger partial charge in [-0.1, -0.05) is 12.1 Å². The molecule has 1 aliphatic heterocycles. The van der Waals surface area contributed by atoms with Crippen molar-refractivity contribution in [3.63, 3.8) is 0 Å². The second-order valence-electron chi connectivity index (χ2n) is 4.51. The maximum atomic E-state index is 11.8. The molecule has 2 rings (SSSR count). The Balaban J connectivity index is 1.98. The quantitative estimate of drug-likeness (QED) is 0.739. The maximum Gasteiger partial charge on any atom is 0.250 e. The zero-order chi connectivity index (χ0) is 14.2. The van der Waals surface area contributed by atoms with Crippen molar-refractivity contribution in [3.8, 4) is 0 Å². The highest BCUT2D eigenvalue weighted by Gasteiger charge is 2.15. The Morgan fingerprint density at radius 1 is 1.35 bits per heavy atom. The summed E-state index contributed by atoms with van der Waals surface area (Å²) in [5, 5.41) is 2.88. The van der Waals surface area contributed by atoms with Crippen molar-refractivity contribution in [2.45, 2.75) is 0 Å². The molecule has 0 aromatic heterocycles. The molecule has 1 aromatic rings. The third-order valence-electron chi connectivity index (χ3n) is 3.03. The highest BCUT2D eigenvalue weighted by atomic mass is 16.5. The van der Waals surface area contributed by atoms with Crippen molar-refractivity contribution < 1.29 is 14.3 Å². The Morgan fingerprint density at radius 3 is 2.85 bits per heavy atom. The lowest BCUT2D eigenvalue weighted by atomic mass is 10.2.